The van der Waals surface area contributed by atoms with Crippen molar-refractivity contribution in [2.75, 3.05) is 12.5 Å². The molecule has 0 aliphatic rings. The second-order valence-corrected chi connectivity index (χ2v) is 3.67. The fourth-order valence-corrected chi connectivity index (χ4v) is 1.45. The lowest BCUT2D eigenvalue weighted by Crippen LogP contribution is -1.97. The lowest BCUT2D eigenvalue weighted by Gasteiger charge is -2.06. The Morgan fingerprint density at radius 1 is 1.36 bits per heavy atom. The van der Waals surface area contributed by atoms with E-state index in [2.05, 4.69) is 19.1 Å². The van der Waals surface area contributed by atoms with Gasteiger partial charge in [-0.1, -0.05) is 25.5 Å². The van der Waals surface area contributed by atoms with Crippen molar-refractivity contribution in [3.8, 4) is 5.75 Å². The van der Waals surface area contributed by atoms with Crippen molar-refractivity contribution in [1.82, 2.24) is 0 Å². The first-order chi connectivity index (χ1) is 6.86. The molecule has 0 saturated heterocycles. The van der Waals surface area contributed by atoms with Gasteiger partial charge in [0.1, 0.15) is 5.75 Å². The van der Waals surface area contributed by atoms with Crippen molar-refractivity contribution in [2.24, 2.45) is 0 Å². The minimum Gasteiger partial charge on any atom is -0.494 e. The van der Waals surface area contributed by atoms with Crippen LogP contribution in [-0.2, 0) is 6.42 Å². The Balaban J connectivity index is 2.46. The Kier molecular flexibility index (Phi) is 5.46. The van der Waals surface area contributed by atoms with Crippen molar-refractivity contribution in [2.45, 2.75) is 26.2 Å². The van der Waals surface area contributed by atoms with Gasteiger partial charge in [-0.25, -0.2) is 0 Å². The van der Waals surface area contributed by atoms with Gasteiger partial charge in [0.25, 0.3) is 0 Å². The number of halogens is 1. The maximum absolute atomic E-state index is 5.67. The molecule has 78 valence electrons. The maximum atomic E-state index is 5.67. The molecule has 0 fully saturated rings. The van der Waals surface area contributed by atoms with Crippen LogP contribution in [0.3, 0.4) is 0 Å². The van der Waals surface area contributed by atoms with Crippen molar-refractivity contribution in [3.63, 3.8) is 0 Å². The van der Waals surface area contributed by atoms with Crippen LogP contribution in [0.15, 0.2) is 24.3 Å². The van der Waals surface area contributed by atoms with Gasteiger partial charge in [-0.2, -0.15) is 0 Å². The van der Waals surface area contributed by atoms with E-state index in [1.165, 1.54) is 12.0 Å². The highest BCUT2D eigenvalue weighted by atomic mass is 35.5. The van der Waals surface area contributed by atoms with E-state index < -0.39 is 0 Å². The van der Waals surface area contributed by atoms with Gasteiger partial charge in [0.05, 0.1) is 6.61 Å². The minimum absolute atomic E-state index is 0.665. The second-order valence-electron chi connectivity index (χ2n) is 3.29. The summed E-state index contributed by atoms with van der Waals surface area (Å²) < 4.78 is 5.59. The summed E-state index contributed by atoms with van der Waals surface area (Å²) in [5, 5.41) is 0. The van der Waals surface area contributed by atoms with E-state index in [4.69, 9.17) is 16.3 Å². The third-order valence-electron chi connectivity index (χ3n) is 2.05. The highest BCUT2D eigenvalue weighted by Gasteiger charge is 1.96. The molecule has 0 aliphatic carbocycles. The molecule has 0 heterocycles. The van der Waals surface area contributed by atoms with Gasteiger partial charge in [0, 0.05) is 5.88 Å². The van der Waals surface area contributed by atoms with Crippen LogP contribution in [0.1, 0.15) is 25.3 Å². The molecular weight excluding hydrogens is 196 g/mol. The molecule has 0 atom stereocenters. The first kappa shape index (κ1) is 11.4. The average Bonchev–Trinajstić information content (AvgIpc) is 2.19. The molecule has 0 radical (unpaired) electrons. The number of unbranched alkanes of at least 4 members (excludes halogenated alkanes) is 1. The van der Waals surface area contributed by atoms with E-state index in [1.54, 1.807) is 0 Å². The van der Waals surface area contributed by atoms with E-state index in [1.807, 2.05) is 12.1 Å². The number of aryl methyl sites for hydroxylation is 1. The summed E-state index contributed by atoms with van der Waals surface area (Å²) in [4.78, 5) is 0. The molecule has 0 saturated carbocycles. The molecule has 1 rings (SSSR count). The summed E-state index contributed by atoms with van der Waals surface area (Å²) in [6.07, 6.45) is 3.19. The number of hydrogen-bond acceptors (Lipinski definition) is 1. The van der Waals surface area contributed by atoms with Crippen molar-refractivity contribution in [1.29, 1.82) is 0 Å². The summed E-state index contributed by atoms with van der Waals surface area (Å²) >= 11 is 5.67. The Bertz CT molecular complexity index is 260. The number of alkyl halides is 1. The van der Waals surface area contributed by atoms with Crippen LogP contribution in [-0.4, -0.2) is 12.5 Å². The van der Waals surface area contributed by atoms with Crippen LogP contribution < -0.4 is 4.74 Å². The number of rotatable bonds is 6. The largest absolute Gasteiger partial charge is 0.494 e. The standard InChI is InChI=1S/C12H17ClO/c1-2-3-9-14-12-6-4-5-11(10-12)7-8-13/h4-6,10H,2-3,7-9H2,1H3. The van der Waals surface area contributed by atoms with E-state index in [0.29, 0.717) is 5.88 Å². The van der Waals surface area contributed by atoms with Gasteiger partial charge in [-0.05, 0) is 30.5 Å². The Hall–Kier alpha value is -0.690. The number of hydrogen-bond donors (Lipinski definition) is 0. The highest BCUT2D eigenvalue weighted by Crippen LogP contribution is 2.14. The Labute approximate surface area is 91.0 Å². The second kappa shape index (κ2) is 6.72. The third-order valence-corrected chi connectivity index (χ3v) is 2.24. The summed E-state index contributed by atoms with van der Waals surface area (Å²) in [6, 6.07) is 8.16. The summed E-state index contributed by atoms with van der Waals surface area (Å²) in [6.45, 7) is 2.97. The molecule has 0 aromatic heterocycles. The van der Waals surface area contributed by atoms with Crippen LogP contribution in [0, 0.1) is 0 Å². The van der Waals surface area contributed by atoms with Gasteiger partial charge in [0.2, 0.25) is 0 Å². The molecule has 1 aromatic carbocycles. The molecule has 1 aromatic rings. The van der Waals surface area contributed by atoms with E-state index in [-0.39, 0.29) is 0 Å². The smallest absolute Gasteiger partial charge is 0.119 e. The molecule has 0 unspecified atom stereocenters. The summed E-state index contributed by atoms with van der Waals surface area (Å²) in [7, 11) is 0. The third kappa shape index (κ3) is 4.01. The van der Waals surface area contributed by atoms with Gasteiger partial charge in [-0.15, -0.1) is 11.6 Å². The molecular formula is C12H17ClO. The van der Waals surface area contributed by atoms with Crippen LogP contribution in [0.4, 0.5) is 0 Å². The van der Waals surface area contributed by atoms with Crippen molar-refractivity contribution >= 4 is 11.6 Å². The van der Waals surface area contributed by atoms with Crippen LogP contribution in [0.5, 0.6) is 5.75 Å². The SMILES string of the molecule is CCCCOc1cccc(CCCl)c1. The Morgan fingerprint density at radius 2 is 2.21 bits per heavy atom. The van der Waals surface area contributed by atoms with Crippen LogP contribution in [0.2, 0.25) is 0 Å². The Morgan fingerprint density at radius 3 is 2.93 bits per heavy atom. The van der Waals surface area contributed by atoms with Crippen LogP contribution in [0.25, 0.3) is 0 Å². The predicted molar refractivity (Wildman–Crippen MR) is 61.3 cm³/mol. The van der Waals surface area contributed by atoms with Crippen molar-refractivity contribution < 1.29 is 4.74 Å². The first-order valence-corrected chi connectivity index (χ1v) is 5.68. The zero-order valence-electron chi connectivity index (χ0n) is 8.63. The minimum atomic E-state index is 0.665. The number of ether oxygens (including phenoxy) is 1. The molecule has 0 bridgehead atoms. The molecule has 0 amide bonds. The van der Waals surface area contributed by atoms with E-state index >= 15 is 0 Å². The lowest BCUT2D eigenvalue weighted by atomic mass is 10.2. The normalized spacial score (nSPS) is 10.1. The molecule has 1 nitrogen and oxygen atoms in total. The lowest BCUT2D eigenvalue weighted by molar-refractivity contribution is 0.309. The summed E-state index contributed by atoms with van der Waals surface area (Å²) in [5.74, 6) is 1.62. The molecule has 0 N–H and O–H groups in total. The highest BCUT2D eigenvalue weighted by molar-refractivity contribution is 6.17. The van der Waals surface area contributed by atoms with Gasteiger partial charge < -0.3 is 4.74 Å². The van der Waals surface area contributed by atoms with E-state index in [9.17, 15) is 0 Å². The topological polar surface area (TPSA) is 9.23 Å². The molecule has 0 spiro atoms. The fourth-order valence-electron chi connectivity index (χ4n) is 1.23. The first-order valence-electron chi connectivity index (χ1n) is 5.14. The van der Waals surface area contributed by atoms with Crippen LogP contribution >= 0.6 is 11.6 Å². The van der Waals surface area contributed by atoms with Gasteiger partial charge >= 0.3 is 0 Å². The molecule has 0 aliphatic heterocycles. The maximum Gasteiger partial charge on any atom is 0.119 e. The zero-order chi connectivity index (χ0) is 10.2. The van der Waals surface area contributed by atoms with E-state index in [0.717, 1.165) is 25.2 Å². The monoisotopic (exact) mass is 212 g/mol. The van der Waals surface area contributed by atoms with Gasteiger partial charge in [-0.3, -0.25) is 0 Å². The summed E-state index contributed by atoms with van der Waals surface area (Å²) in [5.41, 5.74) is 1.24. The van der Waals surface area contributed by atoms with Crippen molar-refractivity contribution in [3.05, 3.63) is 29.8 Å². The number of benzene rings is 1. The fraction of sp³-hybridized carbons (Fsp3) is 0.500. The van der Waals surface area contributed by atoms with Gasteiger partial charge in [0.15, 0.2) is 0 Å². The molecule has 2 heteroatoms. The zero-order valence-corrected chi connectivity index (χ0v) is 9.39. The predicted octanol–water partition coefficient (Wildman–Crippen LogP) is 3.65. The quantitative estimate of drug-likeness (QED) is 0.517. The average molecular weight is 213 g/mol. The molecule has 14 heavy (non-hydrogen) atoms.